The first-order valence-corrected chi connectivity index (χ1v) is 7.62. The van der Waals surface area contributed by atoms with E-state index in [0.717, 1.165) is 23.1 Å². The van der Waals surface area contributed by atoms with Crippen LogP contribution in [0.25, 0.3) is 0 Å². The average Bonchev–Trinajstić information content (AvgIpc) is 2.85. The summed E-state index contributed by atoms with van der Waals surface area (Å²) in [5, 5.41) is 3.21. The van der Waals surface area contributed by atoms with Gasteiger partial charge in [-0.25, -0.2) is 4.98 Å². The third-order valence-electron chi connectivity index (χ3n) is 3.22. The number of benzene rings is 1. The number of hydrogen-bond donors (Lipinski definition) is 1. The first kappa shape index (κ1) is 16.0. The molecule has 1 atom stereocenters. The van der Waals surface area contributed by atoms with E-state index in [0.29, 0.717) is 6.54 Å². The Morgan fingerprint density at radius 1 is 1.29 bits per heavy atom. The van der Waals surface area contributed by atoms with E-state index < -0.39 is 17.8 Å². The fourth-order valence-electron chi connectivity index (χ4n) is 2.23. The number of nitrogens with zero attached hydrogens (tertiary/aromatic N) is 1. The molecule has 2 rings (SSSR count). The molecule has 0 bridgehead atoms. The molecule has 1 unspecified atom stereocenters. The van der Waals surface area contributed by atoms with Crippen LogP contribution in [0.5, 0.6) is 0 Å². The van der Waals surface area contributed by atoms with Gasteiger partial charge in [0.05, 0.1) is 22.8 Å². The zero-order valence-electron chi connectivity index (χ0n) is 11.9. The van der Waals surface area contributed by atoms with Crippen LogP contribution >= 0.6 is 11.3 Å². The van der Waals surface area contributed by atoms with Gasteiger partial charge < -0.3 is 5.32 Å². The van der Waals surface area contributed by atoms with E-state index >= 15 is 0 Å². The molecule has 1 heterocycles. The summed E-state index contributed by atoms with van der Waals surface area (Å²) in [5.41, 5.74) is 2.10. The van der Waals surface area contributed by atoms with Crippen LogP contribution in [0.1, 0.15) is 41.1 Å². The van der Waals surface area contributed by atoms with Crippen LogP contribution in [0.2, 0.25) is 0 Å². The van der Waals surface area contributed by atoms with E-state index in [1.807, 2.05) is 13.8 Å². The van der Waals surface area contributed by atoms with E-state index in [-0.39, 0.29) is 5.56 Å². The molecule has 0 fully saturated rings. The average molecular weight is 314 g/mol. The van der Waals surface area contributed by atoms with Crippen molar-refractivity contribution >= 4 is 11.3 Å². The lowest BCUT2D eigenvalue weighted by Crippen LogP contribution is -2.25. The van der Waals surface area contributed by atoms with Crippen molar-refractivity contribution in [2.24, 2.45) is 0 Å². The van der Waals surface area contributed by atoms with Crippen molar-refractivity contribution < 1.29 is 13.2 Å². The molecular weight excluding hydrogens is 297 g/mol. The second kappa shape index (κ2) is 6.58. The fourth-order valence-corrected chi connectivity index (χ4v) is 3.12. The smallest absolute Gasteiger partial charge is 0.306 e. The molecule has 0 saturated carbocycles. The molecule has 0 spiro atoms. The summed E-state index contributed by atoms with van der Waals surface area (Å²) in [7, 11) is 0. The number of rotatable bonds is 5. The molecule has 114 valence electrons. The maximum atomic E-state index is 13.2. The van der Waals surface area contributed by atoms with Gasteiger partial charge in [-0.2, -0.15) is 13.2 Å². The summed E-state index contributed by atoms with van der Waals surface area (Å²) in [6, 6.07) is 5.25. The Kier molecular flexibility index (Phi) is 5.00. The molecule has 1 aromatic carbocycles. The predicted octanol–water partition coefficient (Wildman–Crippen LogP) is 4.56. The first-order chi connectivity index (χ1) is 9.95. The minimum absolute atomic E-state index is 0.255. The molecule has 0 amide bonds. The number of aromatic nitrogens is 1. The summed E-state index contributed by atoms with van der Waals surface area (Å²) in [5.74, 6) is 0. The van der Waals surface area contributed by atoms with Crippen molar-refractivity contribution in [3.8, 4) is 0 Å². The largest absolute Gasteiger partial charge is 0.416 e. The lowest BCUT2D eigenvalue weighted by molar-refractivity contribution is -0.138. The molecule has 0 radical (unpaired) electrons. The third kappa shape index (κ3) is 3.63. The summed E-state index contributed by atoms with van der Waals surface area (Å²) in [4.78, 5) is 4.99. The van der Waals surface area contributed by atoms with Gasteiger partial charge in [0.25, 0.3) is 0 Å². The zero-order chi connectivity index (χ0) is 15.5. The van der Waals surface area contributed by atoms with Crippen LogP contribution in [0.4, 0.5) is 13.2 Å². The van der Waals surface area contributed by atoms with Gasteiger partial charge >= 0.3 is 6.18 Å². The molecule has 0 aliphatic carbocycles. The van der Waals surface area contributed by atoms with Crippen molar-refractivity contribution in [2.45, 2.75) is 32.5 Å². The van der Waals surface area contributed by atoms with Crippen molar-refractivity contribution in [2.75, 3.05) is 6.54 Å². The quantitative estimate of drug-likeness (QED) is 0.875. The summed E-state index contributed by atoms with van der Waals surface area (Å²) < 4.78 is 39.7. The fraction of sp³-hybridized carbons (Fsp3) is 0.400. The molecule has 2 aromatic rings. The van der Waals surface area contributed by atoms with Crippen molar-refractivity contribution in [3.63, 3.8) is 0 Å². The van der Waals surface area contributed by atoms with Crippen LogP contribution in [0.3, 0.4) is 0 Å². The molecule has 1 aromatic heterocycles. The van der Waals surface area contributed by atoms with Crippen LogP contribution in [-0.4, -0.2) is 11.5 Å². The lowest BCUT2D eigenvalue weighted by atomic mass is 9.98. The Bertz CT molecular complexity index is 593. The van der Waals surface area contributed by atoms with Gasteiger partial charge in [-0.3, -0.25) is 0 Å². The molecule has 0 saturated heterocycles. The van der Waals surface area contributed by atoms with Crippen LogP contribution < -0.4 is 5.32 Å². The monoisotopic (exact) mass is 314 g/mol. The summed E-state index contributed by atoms with van der Waals surface area (Å²) in [6.45, 7) is 4.45. The Morgan fingerprint density at radius 3 is 2.57 bits per heavy atom. The molecule has 21 heavy (non-hydrogen) atoms. The van der Waals surface area contributed by atoms with E-state index in [2.05, 4.69) is 10.3 Å². The van der Waals surface area contributed by atoms with E-state index in [9.17, 15) is 13.2 Å². The van der Waals surface area contributed by atoms with Crippen molar-refractivity contribution in [1.82, 2.24) is 10.3 Å². The number of nitrogens with one attached hydrogen (secondary N) is 1. The van der Waals surface area contributed by atoms with Crippen molar-refractivity contribution in [1.29, 1.82) is 0 Å². The normalized spacial score (nSPS) is 13.4. The number of aryl methyl sites for hydroxylation is 1. The molecule has 2 nitrogen and oxygen atoms in total. The Balaban J connectivity index is 2.50. The summed E-state index contributed by atoms with van der Waals surface area (Å²) >= 11 is 1.38. The molecule has 6 heteroatoms. The van der Waals surface area contributed by atoms with Gasteiger partial charge in [-0.15, -0.1) is 11.3 Å². The highest BCUT2D eigenvalue weighted by atomic mass is 32.1. The van der Waals surface area contributed by atoms with E-state index in [4.69, 9.17) is 0 Å². The maximum absolute atomic E-state index is 13.2. The Morgan fingerprint density at radius 2 is 2.00 bits per heavy atom. The third-order valence-corrected chi connectivity index (χ3v) is 4.22. The predicted molar refractivity (Wildman–Crippen MR) is 78.4 cm³/mol. The van der Waals surface area contributed by atoms with Gasteiger partial charge in [-0.05, 0) is 31.5 Å². The van der Waals surface area contributed by atoms with E-state index in [1.165, 1.54) is 23.5 Å². The number of alkyl halides is 3. The van der Waals surface area contributed by atoms with E-state index in [1.54, 1.807) is 11.6 Å². The number of thiazole rings is 1. The van der Waals surface area contributed by atoms with Crippen LogP contribution in [-0.2, 0) is 6.18 Å². The highest BCUT2D eigenvalue weighted by Crippen LogP contribution is 2.38. The highest BCUT2D eigenvalue weighted by molar-refractivity contribution is 7.09. The van der Waals surface area contributed by atoms with Gasteiger partial charge in [0.1, 0.15) is 0 Å². The summed E-state index contributed by atoms with van der Waals surface area (Å²) in [6.07, 6.45) is -3.51. The Labute approximate surface area is 126 Å². The van der Waals surface area contributed by atoms with Gasteiger partial charge in [0.15, 0.2) is 0 Å². The molecule has 1 N–H and O–H groups in total. The Hall–Kier alpha value is -1.40. The van der Waals surface area contributed by atoms with Crippen molar-refractivity contribution in [3.05, 3.63) is 51.5 Å². The second-order valence-corrected chi connectivity index (χ2v) is 5.66. The highest BCUT2D eigenvalue weighted by Gasteiger charge is 2.35. The topological polar surface area (TPSA) is 24.9 Å². The van der Waals surface area contributed by atoms with Gasteiger partial charge in [0.2, 0.25) is 0 Å². The molecule has 0 aliphatic heterocycles. The molecular formula is C15H17F3N2S. The van der Waals surface area contributed by atoms with Gasteiger partial charge in [0, 0.05) is 4.88 Å². The molecule has 0 aliphatic rings. The second-order valence-electron chi connectivity index (χ2n) is 4.77. The minimum atomic E-state index is -4.36. The van der Waals surface area contributed by atoms with Gasteiger partial charge in [-0.1, -0.05) is 25.1 Å². The zero-order valence-corrected chi connectivity index (χ0v) is 12.7. The van der Waals surface area contributed by atoms with Crippen LogP contribution in [0.15, 0.2) is 29.8 Å². The first-order valence-electron chi connectivity index (χ1n) is 6.74. The number of hydrogen-bond acceptors (Lipinski definition) is 3. The minimum Gasteiger partial charge on any atom is -0.306 e. The lowest BCUT2D eigenvalue weighted by Gasteiger charge is -2.22. The maximum Gasteiger partial charge on any atom is 0.416 e. The standard InChI is InChI=1S/C15H17F3N2S/c1-3-8-19-13(14-10(2)20-9-21-14)11-6-4-5-7-12(11)15(16,17)18/h4-7,9,13,19H,3,8H2,1-2H3. The SMILES string of the molecule is CCCNC(c1ccccc1C(F)(F)F)c1scnc1C. The number of halogens is 3. The van der Waals surface area contributed by atoms with Crippen LogP contribution in [0, 0.1) is 6.92 Å².